The van der Waals surface area contributed by atoms with Gasteiger partial charge in [0, 0.05) is 28.3 Å². The molecule has 1 atom stereocenters. The Bertz CT molecular complexity index is 1190. The number of hydrogen-bond donors (Lipinski definition) is 2. The van der Waals surface area contributed by atoms with Crippen LogP contribution in [-0.2, 0) is 4.79 Å². The van der Waals surface area contributed by atoms with Gasteiger partial charge >= 0.3 is 0 Å². The number of carbonyl (C=O) groups excluding carboxylic acids is 2. The van der Waals surface area contributed by atoms with Gasteiger partial charge in [-0.15, -0.1) is 11.8 Å². The van der Waals surface area contributed by atoms with E-state index in [1.807, 2.05) is 13.0 Å². The van der Waals surface area contributed by atoms with Gasteiger partial charge in [0.2, 0.25) is 5.91 Å². The van der Waals surface area contributed by atoms with Crippen molar-refractivity contribution >= 4 is 63.8 Å². The van der Waals surface area contributed by atoms with Crippen LogP contribution in [0.1, 0.15) is 23.7 Å². The van der Waals surface area contributed by atoms with E-state index in [4.69, 9.17) is 23.2 Å². The summed E-state index contributed by atoms with van der Waals surface area (Å²) in [6, 6.07) is 17.5. The molecular weight excluding hydrogens is 485 g/mol. The monoisotopic (exact) mass is 503 g/mol. The minimum Gasteiger partial charge on any atom is -0.324 e. The Kier molecular flexibility index (Phi) is 8.32. The third-order valence-corrected chi connectivity index (χ3v) is 6.76. The average Bonchev–Trinajstić information content (AvgIpc) is 2.80. The number of rotatable bonds is 8. The Hall–Kier alpha value is -3.07. The molecule has 0 bridgehead atoms. The molecule has 0 radical (unpaired) electrons. The molecule has 0 aliphatic carbocycles. The standard InChI is InChI=1S/C23H19Cl2N3O4S/c1-2-20(23(30)27-19-8-4-7-18(24)21(19)25)33-17-6-3-5-15(13-17)26-22(29)14-9-11-16(12-10-14)28(31)32/h3-13,20H,2H2,1H3,(H,26,29)(H,27,30). The Morgan fingerprint density at radius 3 is 2.39 bits per heavy atom. The van der Waals surface area contributed by atoms with Crippen LogP contribution >= 0.6 is 35.0 Å². The smallest absolute Gasteiger partial charge is 0.269 e. The van der Waals surface area contributed by atoms with E-state index in [2.05, 4.69) is 10.6 Å². The van der Waals surface area contributed by atoms with Crippen LogP contribution in [0.2, 0.25) is 10.0 Å². The SMILES string of the molecule is CCC(Sc1cccc(NC(=O)c2ccc([N+](=O)[O-])cc2)c1)C(=O)Nc1cccc(Cl)c1Cl. The third-order valence-electron chi connectivity index (χ3n) is 4.58. The average molecular weight is 504 g/mol. The summed E-state index contributed by atoms with van der Waals surface area (Å²) in [6.07, 6.45) is 0.564. The van der Waals surface area contributed by atoms with E-state index in [-0.39, 0.29) is 16.6 Å². The summed E-state index contributed by atoms with van der Waals surface area (Å²) in [5.41, 5.74) is 1.18. The number of nitro benzene ring substituents is 1. The van der Waals surface area contributed by atoms with Crippen molar-refractivity contribution in [2.75, 3.05) is 10.6 Å². The first kappa shape index (κ1) is 24.6. The summed E-state index contributed by atoms with van der Waals surface area (Å²) in [5, 5.41) is 16.6. The number of halogens is 2. The molecule has 0 saturated heterocycles. The predicted octanol–water partition coefficient (Wildman–Crippen LogP) is 6.66. The molecule has 10 heteroatoms. The topological polar surface area (TPSA) is 101 Å². The summed E-state index contributed by atoms with van der Waals surface area (Å²) >= 11 is 13.5. The molecule has 3 rings (SSSR count). The van der Waals surface area contributed by atoms with E-state index < -0.39 is 16.1 Å². The second kappa shape index (κ2) is 11.2. The Labute approximate surface area is 204 Å². The minimum atomic E-state index is -0.525. The molecule has 3 aromatic carbocycles. The fourth-order valence-corrected chi connectivity index (χ4v) is 4.25. The zero-order chi connectivity index (χ0) is 24.0. The van der Waals surface area contributed by atoms with Crippen LogP contribution in [0.15, 0.2) is 71.6 Å². The Morgan fingerprint density at radius 2 is 1.73 bits per heavy atom. The van der Waals surface area contributed by atoms with Crippen molar-refractivity contribution in [2.45, 2.75) is 23.5 Å². The molecule has 7 nitrogen and oxygen atoms in total. The predicted molar refractivity (Wildman–Crippen MR) is 133 cm³/mol. The van der Waals surface area contributed by atoms with Gasteiger partial charge in [0.25, 0.3) is 11.6 Å². The van der Waals surface area contributed by atoms with Crippen molar-refractivity contribution in [3.63, 3.8) is 0 Å². The molecule has 0 heterocycles. The number of benzene rings is 3. The Balaban J connectivity index is 1.67. The fourth-order valence-electron chi connectivity index (χ4n) is 2.89. The first-order valence-corrected chi connectivity index (χ1v) is 11.5. The lowest BCUT2D eigenvalue weighted by Crippen LogP contribution is -2.24. The normalized spacial score (nSPS) is 11.5. The number of nitrogens with one attached hydrogen (secondary N) is 2. The van der Waals surface area contributed by atoms with Crippen molar-refractivity contribution in [3.05, 3.63) is 92.5 Å². The van der Waals surface area contributed by atoms with E-state index in [0.717, 1.165) is 4.90 Å². The van der Waals surface area contributed by atoms with Crippen LogP contribution in [-0.4, -0.2) is 22.0 Å². The highest BCUT2D eigenvalue weighted by atomic mass is 35.5. The third kappa shape index (κ3) is 6.47. The van der Waals surface area contributed by atoms with Gasteiger partial charge in [-0.2, -0.15) is 0 Å². The van der Waals surface area contributed by atoms with Gasteiger partial charge in [-0.05, 0) is 48.9 Å². The number of hydrogen-bond acceptors (Lipinski definition) is 5. The van der Waals surface area contributed by atoms with Gasteiger partial charge in [-0.3, -0.25) is 19.7 Å². The molecule has 0 aliphatic heterocycles. The van der Waals surface area contributed by atoms with Crippen LogP contribution in [0.3, 0.4) is 0 Å². The number of anilines is 2. The summed E-state index contributed by atoms with van der Waals surface area (Å²) in [6.45, 7) is 1.90. The molecule has 170 valence electrons. The van der Waals surface area contributed by atoms with Crippen molar-refractivity contribution < 1.29 is 14.5 Å². The van der Waals surface area contributed by atoms with Gasteiger partial charge in [0.15, 0.2) is 0 Å². The second-order valence-corrected chi connectivity index (χ2v) is 8.95. The lowest BCUT2D eigenvalue weighted by Gasteiger charge is -2.16. The highest BCUT2D eigenvalue weighted by molar-refractivity contribution is 8.00. The second-order valence-electron chi connectivity index (χ2n) is 6.89. The molecule has 0 aliphatic rings. The van der Waals surface area contributed by atoms with E-state index in [0.29, 0.717) is 28.4 Å². The summed E-state index contributed by atoms with van der Waals surface area (Å²) < 4.78 is 0. The fraction of sp³-hybridized carbons (Fsp3) is 0.130. The molecule has 0 saturated carbocycles. The van der Waals surface area contributed by atoms with E-state index >= 15 is 0 Å². The number of non-ortho nitro benzene ring substituents is 1. The van der Waals surface area contributed by atoms with Crippen LogP contribution in [0.5, 0.6) is 0 Å². The maximum absolute atomic E-state index is 12.8. The first-order chi connectivity index (χ1) is 15.8. The zero-order valence-corrected chi connectivity index (χ0v) is 19.7. The van der Waals surface area contributed by atoms with Crippen LogP contribution in [0.25, 0.3) is 0 Å². The van der Waals surface area contributed by atoms with Crippen LogP contribution in [0.4, 0.5) is 17.1 Å². The molecular formula is C23H19Cl2N3O4S. The summed E-state index contributed by atoms with van der Waals surface area (Å²) in [5.74, 6) is -0.612. The maximum atomic E-state index is 12.8. The van der Waals surface area contributed by atoms with E-state index in [1.54, 1.807) is 36.4 Å². The number of nitro groups is 1. The van der Waals surface area contributed by atoms with Gasteiger partial charge in [0.05, 0.1) is 25.9 Å². The number of carbonyl (C=O) groups is 2. The molecule has 2 amide bonds. The molecule has 0 aromatic heterocycles. The van der Waals surface area contributed by atoms with Gasteiger partial charge < -0.3 is 10.6 Å². The molecule has 0 spiro atoms. The van der Waals surface area contributed by atoms with Crippen molar-refractivity contribution in [1.82, 2.24) is 0 Å². The highest BCUT2D eigenvalue weighted by Crippen LogP contribution is 2.32. The zero-order valence-electron chi connectivity index (χ0n) is 17.4. The van der Waals surface area contributed by atoms with Crippen LogP contribution in [0, 0.1) is 10.1 Å². The highest BCUT2D eigenvalue weighted by Gasteiger charge is 2.20. The number of thioether (sulfide) groups is 1. The lowest BCUT2D eigenvalue weighted by molar-refractivity contribution is -0.384. The van der Waals surface area contributed by atoms with E-state index in [1.165, 1.54) is 36.0 Å². The number of nitrogens with zero attached hydrogens (tertiary/aromatic N) is 1. The van der Waals surface area contributed by atoms with Crippen molar-refractivity contribution in [3.8, 4) is 0 Å². The van der Waals surface area contributed by atoms with Crippen molar-refractivity contribution in [2.24, 2.45) is 0 Å². The largest absolute Gasteiger partial charge is 0.324 e. The van der Waals surface area contributed by atoms with Gasteiger partial charge in [0.1, 0.15) is 0 Å². The minimum absolute atomic E-state index is 0.0899. The van der Waals surface area contributed by atoms with Gasteiger partial charge in [-0.1, -0.05) is 42.3 Å². The summed E-state index contributed by atoms with van der Waals surface area (Å²) in [7, 11) is 0. The van der Waals surface area contributed by atoms with Gasteiger partial charge in [-0.25, -0.2) is 0 Å². The van der Waals surface area contributed by atoms with Crippen LogP contribution < -0.4 is 10.6 Å². The van der Waals surface area contributed by atoms with E-state index in [9.17, 15) is 19.7 Å². The summed E-state index contributed by atoms with van der Waals surface area (Å²) in [4.78, 5) is 36.3. The lowest BCUT2D eigenvalue weighted by atomic mass is 10.2. The first-order valence-electron chi connectivity index (χ1n) is 9.86. The molecule has 3 aromatic rings. The Morgan fingerprint density at radius 1 is 1.03 bits per heavy atom. The quantitative estimate of drug-likeness (QED) is 0.203. The van der Waals surface area contributed by atoms with Crippen molar-refractivity contribution in [1.29, 1.82) is 0 Å². The number of amides is 2. The molecule has 1 unspecified atom stereocenters. The molecule has 2 N–H and O–H groups in total. The molecule has 0 fully saturated rings. The molecule has 33 heavy (non-hydrogen) atoms. The maximum Gasteiger partial charge on any atom is 0.269 e.